The smallest absolute Gasteiger partial charge is 0.243 e. The highest BCUT2D eigenvalue weighted by Gasteiger charge is 2.31. The Morgan fingerprint density at radius 2 is 2.10 bits per heavy atom. The fourth-order valence-corrected chi connectivity index (χ4v) is 4.25. The molecule has 0 saturated carbocycles. The van der Waals surface area contributed by atoms with E-state index in [1.54, 1.807) is 13.3 Å². The van der Waals surface area contributed by atoms with E-state index < -0.39 is 15.8 Å². The predicted octanol–water partition coefficient (Wildman–Crippen LogP) is 1.61. The van der Waals surface area contributed by atoms with Gasteiger partial charge >= 0.3 is 0 Å². The van der Waals surface area contributed by atoms with E-state index in [0.29, 0.717) is 25.1 Å². The number of halogens is 1. The molecule has 3 rings (SSSR count). The zero-order valence-corrected chi connectivity index (χ0v) is 12.7. The molecule has 0 unspecified atom stereocenters. The summed E-state index contributed by atoms with van der Waals surface area (Å²) in [7, 11) is -1.77. The summed E-state index contributed by atoms with van der Waals surface area (Å²) in [5, 5.41) is 0. The fourth-order valence-electron chi connectivity index (χ4n) is 2.64. The van der Waals surface area contributed by atoms with Crippen LogP contribution >= 0.6 is 0 Å². The van der Waals surface area contributed by atoms with Crippen molar-refractivity contribution in [2.24, 2.45) is 7.05 Å². The molecule has 0 radical (unpaired) electrons. The fraction of sp³-hybridized carbons (Fsp3) is 0.357. The van der Waals surface area contributed by atoms with E-state index in [0.717, 1.165) is 11.4 Å². The van der Waals surface area contributed by atoms with Gasteiger partial charge < -0.3 is 4.57 Å². The van der Waals surface area contributed by atoms with Crippen LogP contribution in [0.4, 0.5) is 4.39 Å². The second-order valence-electron chi connectivity index (χ2n) is 5.25. The third-order valence-electron chi connectivity index (χ3n) is 3.82. The van der Waals surface area contributed by atoms with E-state index in [4.69, 9.17) is 0 Å². The molecule has 1 aromatic heterocycles. The van der Waals surface area contributed by atoms with Crippen LogP contribution in [-0.2, 0) is 30.0 Å². The van der Waals surface area contributed by atoms with E-state index in [1.165, 1.54) is 22.5 Å². The van der Waals surface area contributed by atoms with Crippen LogP contribution in [0.25, 0.3) is 0 Å². The van der Waals surface area contributed by atoms with E-state index in [-0.39, 0.29) is 4.90 Å². The minimum atomic E-state index is -3.62. The maximum atomic E-state index is 13.2. The molecule has 0 bridgehead atoms. The number of rotatable bonds is 2. The van der Waals surface area contributed by atoms with Crippen molar-refractivity contribution in [2.45, 2.75) is 24.8 Å². The van der Waals surface area contributed by atoms with E-state index in [2.05, 4.69) is 4.98 Å². The highest BCUT2D eigenvalue weighted by molar-refractivity contribution is 7.89. The number of imidazole rings is 1. The number of aryl methyl sites for hydroxylation is 2. The quantitative estimate of drug-likeness (QED) is 0.847. The highest BCUT2D eigenvalue weighted by atomic mass is 32.2. The minimum Gasteiger partial charge on any atom is -0.336 e. The van der Waals surface area contributed by atoms with Gasteiger partial charge in [0.05, 0.1) is 29.2 Å². The summed E-state index contributed by atoms with van der Waals surface area (Å²) >= 11 is 0. The third kappa shape index (κ3) is 2.36. The number of hydrogen-bond donors (Lipinski definition) is 0. The van der Waals surface area contributed by atoms with Crippen molar-refractivity contribution in [1.29, 1.82) is 0 Å². The number of fused-ring (bicyclic) bond motifs is 1. The Morgan fingerprint density at radius 1 is 1.33 bits per heavy atom. The van der Waals surface area contributed by atoms with Crippen molar-refractivity contribution in [3.05, 3.63) is 47.3 Å². The van der Waals surface area contributed by atoms with Crippen molar-refractivity contribution in [3.8, 4) is 0 Å². The highest BCUT2D eigenvalue weighted by Crippen LogP contribution is 2.26. The van der Waals surface area contributed by atoms with Crippen LogP contribution in [0.2, 0.25) is 0 Å². The van der Waals surface area contributed by atoms with Crippen LogP contribution in [0.15, 0.2) is 29.4 Å². The number of hydrogen-bond acceptors (Lipinski definition) is 3. The van der Waals surface area contributed by atoms with Gasteiger partial charge in [0.2, 0.25) is 10.0 Å². The van der Waals surface area contributed by atoms with Gasteiger partial charge in [0.1, 0.15) is 5.82 Å². The largest absolute Gasteiger partial charge is 0.336 e. The molecule has 112 valence electrons. The molecule has 1 aliphatic heterocycles. The molecular weight excluding hydrogens is 293 g/mol. The summed E-state index contributed by atoms with van der Waals surface area (Å²) in [5.74, 6) is -0.431. The van der Waals surface area contributed by atoms with Crippen LogP contribution in [0.1, 0.15) is 17.0 Å². The van der Waals surface area contributed by atoms with Gasteiger partial charge in [-0.2, -0.15) is 4.31 Å². The Kier molecular flexibility index (Phi) is 3.33. The number of aromatic nitrogens is 2. The normalized spacial score (nSPS) is 16.0. The molecule has 1 aliphatic rings. The SMILES string of the molecule is Cc1cc(F)ccc1S(=O)(=O)N1CCc2ncn(C)c2C1. The molecule has 0 N–H and O–H groups in total. The Labute approximate surface area is 123 Å². The Balaban J connectivity index is 1.98. The second kappa shape index (κ2) is 4.92. The summed E-state index contributed by atoms with van der Waals surface area (Å²) in [4.78, 5) is 4.43. The first-order valence-electron chi connectivity index (χ1n) is 6.65. The lowest BCUT2D eigenvalue weighted by Gasteiger charge is -2.27. The number of sulfonamides is 1. The molecule has 0 fully saturated rings. The van der Waals surface area contributed by atoms with Gasteiger partial charge in [0.15, 0.2) is 0 Å². The van der Waals surface area contributed by atoms with Crippen LogP contribution in [0, 0.1) is 12.7 Å². The molecule has 0 saturated heterocycles. The molecule has 0 amide bonds. The van der Waals surface area contributed by atoms with Crippen LogP contribution < -0.4 is 0 Å². The minimum absolute atomic E-state index is 0.162. The molecule has 7 heteroatoms. The lowest BCUT2D eigenvalue weighted by atomic mass is 10.2. The average Bonchev–Trinajstić information content (AvgIpc) is 2.79. The van der Waals surface area contributed by atoms with Crippen LogP contribution in [-0.4, -0.2) is 28.8 Å². The van der Waals surface area contributed by atoms with Gasteiger partial charge in [-0.05, 0) is 30.7 Å². The molecule has 2 aromatic rings. The van der Waals surface area contributed by atoms with Gasteiger partial charge in [0, 0.05) is 20.0 Å². The number of benzene rings is 1. The van der Waals surface area contributed by atoms with Crippen LogP contribution in [0.3, 0.4) is 0 Å². The first-order valence-corrected chi connectivity index (χ1v) is 8.09. The summed E-state index contributed by atoms with van der Waals surface area (Å²) in [5.41, 5.74) is 2.27. The first kappa shape index (κ1) is 14.2. The monoisotopic (exact) mass is 309 g/mol. The van der Waals surface area contributed by atoms with Crippen LogP contribution in [0.5, 0.6) is 0 Å². The summed E-state index contributed by atoms with van der Waals surface area (Å²) in [6.45, 7) is 2.30. The molecule has 0 spiro atoms. The van der Waals surface area contributed by atoms with E-state index >= 15 is 0 Å². The maximum absolute atomic E-state index is 13.2. The van der Waals surface area contributed by atoms with Crippen molar-refractivity contribution in [1.82, 2.24) is 13.9 Å². The zero-order valence-electron chi connectivity index (χ0n) is 11.9. The molecule has 2 heterocycles. The Bertz CT molecular complexity index is 799. The van der Waals surface area contributed by atoms with Gasteiger partial charge in [-0.1, -0.05) is 0 Å². The number of nitrogens with zero attached hydrogens (tertiary/aromatic N) is 3. The Morgan fingerprint density at radius 3 is 2.81 bits per heavy atom. The van der Waals surface area contributed by atoms with Gasteiger partial charge in [-0.15, -0.1) is 0 Å². The lowest BCUT2D eigenvalue weighted by Crippen LogP contribution is -2.37. The average molecular weight is 309 g/mol. The summed E-state index contributed by atoms with van der Waals surface area (Å²) in [6, 6.07) is 3.75. The van der Waals surface area contributed by atoms with Gasteiger partial charge in [-0.25, -0.2) is 17.8 Å². The third-order valence-corrected chi connectivity index (χ3v) is 5.83. The summed E-state index contributed by atoms with van der Waals surface area (Å²) < 4.78 is 41.9. The zero-order chi connectivity index (χ0) is 15.2. The van der Waals surface area contributed by atoms with Crippen molar-refractivity contribution < 1.29 is 12.8 Å². The maximum Gasteiger partial charge on any atom is 0.243 e. The van der Waals surface area contributed by atoms with Crippen molar-refractivity contribution in [2.75, 3.05) is 6.54 Å². The first-order chi connectivity index (χ1) is 9.89. The van der Waals surface area contributed by atoms with E-state index in [9.17, 15) is 12.8 Å². The van der Waals surface area contributed by atoms with Gasteiger partial charge in [-0.3, -0.25) is 0 Å². The molecule has 0 aliphatic carbocycles. The molecule has 1 aromatic carbocycles. The topological polar surface area (TPSA) is 55.2 Å². The molecule has 21 heavy (non-hydrogen) atoms. The van der Waals surface area contributed by atoms with Crippen molar-refractivity contribution in [3.63, 3.8) is 0 Å². The van der Waals surface area contributed by atoms with Gasteiger partial charge in [0.25, 0.3) is 0 Å². The lowest BCUT2D eigenvalue weighted by molar-refractivity contribution is 0.379. The van der Waals surface area contributed by atoms with E-state index in [1.807, 2.05) is 11.6 Å². The molecular formula is C14H16FN3O2S. The van der Waals surface area contributed by atoms with Crippen molar-refractivity contribution >= 4 is 10.0 Å². The molecule has 0 atom stereocenters. The molecule has 5 nitrogen and oxygen atoms in total. The summed E-state index contributed by atoms with van der Waals surface area (Å²) in [6.07, 6.45) is 2.29. The predicted molar refractivity (Wildman–Crippen MR) is 75.6 cm³/mol. The second-order valence-corrected chi connectivity index (χ2v) is 7.15. The standard InChI is InChI=1S/C14H16FN3O2S/c1-10-7-11(15)3-4-14(10)21(19,20)18-6-5-12-13(8-18)17(2)9-16-12/h3-4,7,9H,5-6,8H2,1-2H3. The Hall–Kier alpha value is -1.73.